The number of nitrogens with zero attached hydrogens (tertiary/aromatic N) is 2. The van der Waals surface area contributed by atoms with Crippen molar-refractivity contribution >= 4 is 0 Å². The van der Waals surface area contributed by atoms with Gasteiger partial charge in [-0.15, -0.1) is 0 Å². The van der Waals surface area contributed by atoms with E-state index in [1.165, 1.54) is 51.9 Å². The molecule has 1 unspecified atom stereocenters. The van der Waals surface area contributed by atoms with Crippen LogP contribution in [0.4, 0.5) is 0 Å². The van der Waals surface area contributed by atoms with E-state index in [1.54, 1.807) is 0 Å². The van der Waals surface area contributed by atoms with E-state index in [2.05, 4.69) is 43.1 Å². The van der Waals surface area contributed by atoms with Gasteiger partial charge >= 0.3 is 0 Å². The van der Waals surface area contributed by atoms with Crippen LogP contribution in [-0.2, 0) is 0 Å². The van der Waals surface area contributed by atoms with Gasteiger partial charge in [-0.2, -0.15) is 0 Å². The summed E-state index contributed by atoms with van der Waals surface area (Å²) in [5, 5.41) is 3.30. The fourth-order valence-electron chi connectivity index (χ4n) is 1.92. The average molecular weight is 243 g/mol. The smallest absolute Gasteiger partial charge is 0.0109 e. The van der Waals surface area contributed by atoms with Crippen LogP contribution < -0.4 is 5.32 Å². The van der Waals surface area contributed by atoms with Gasteiger partial charge in [0.1, 0.15) is 0 Å². The molecule has 0 aliphatic rings. The van der Waals surface area contributed by atoms with Crippen LogP contribution in [0.2, 0.25) is 0 Å². The second kappa shape index (κ2) is 11.0. The fraction of sp³-hybridized carbons (Fsp3) is 1.00. The molecule has 0 saturated carbocycles. The first-order valence-corrected chi connectivity index (χ1v) is 7.14. The van der Waals surface area contributed by atoms with Crippen molar-refractivity contribution in [3.63, 3.8) is 0 Å². The molecule has 3 nitrogen and oxygen atoms in total. The Kier molecular flexibility index (Phi) is 10.9. The van der Waals surface area contributed by atoms with Crippen molar-refractivity contribution in [3.05, 3.63) is 0 Å². The van der Waals surface area contributed by atoms with E-state index in [4.69, 9.17) is 0 Å². The molecule has 0 aromatic carbocycles. The van der Waals surface area contributed by atoms with Gasteiger partial charge < -0.3 is 15.1 Å². The molecule has 0 bridgehead atoms. The van der Waals surface area contributed by atoms with Crippen LogP contribution in [0.5, 0.6) is 0 Å². The van der Waals surface area contributed by atoms with Crippen molar-refractivity contribution in [2.75, 3.05) is 47.3 Å². The van der Waals surface area contributed by atoms with E-state index in [0.29, 0.717) is 6.04 Å². The van der Waals surface area contributed by atoms with Crippen LogP contribution in [0.15, 0.2) is 0 Å². The SMILES string of the molecule is CCCN(CCCCC(C)NC)CCN(C)C. The molecular formula is C14H33N3. The summed E-state index contributed by atoms with van der Waals surface area (Å²) in [5.41, 5.74) is 0. The molecule has 0 spiro atoms. The highest BCUT2D eigenvalue weighted by molar-refractivity contribution is 4.62. The Bertz CT molecular complexity index is 160. The van der Waals surface area contributed by atoms with Crippen molar-refractivity contribution in [2.24, 2.45) is 0 Å². The maximum absolute atomic E-state index is 3.30. The number of rotatable bonds is 11. The summed E-state index contributed by atoms with van der Waals surface area (Å²) >= 11 is 0. The highest BCUT2D eigenvalue weighted by Gasteiger charge is 2.04. The van der Waals surface area contributed by atoms with E-state index in [-0.39, 0.29) is 0 Å². The summed E-state index contributed by atoms with van der Waals surface area (Å²) in [6.45, 7) is 9.42. The first kappa shape index (κ1) is 16.9. The second-order valence-corrected chi connectivity index (χ2v) is 5.33. The van der Waals surface area contributed by atoms with E-state index in [0.717, 1.165) is 0 Å². The zero-order valence-corrected chi connectivity index (χ0v) is 12.6. The molecule has 0 rings (SSSR count). The van der Waals surface area contributed by atoms with Gasteiger partial charge in [0.25, 0.3) is 0 Å². The van der Waals surface area contributed by atoms with Crippen molar-refractivity contribution in [3.8, 4) is 0 Å². The number of unbranched alkanes of at least 4 members (excludes halogenated alkanes) is 1. The van der Waals surface area contributed by atoms with E-state index in [9.17, 15) is 0 Å². The van der Waals surface area contributed by atoms with Gasteiger partial charge in [-0.1, -0.05) is 13.3 Å². The van der Waals surface area contributed by atoms with Crippen molar-refractivity contribution in [1.82, 2.24) is 15.1 Å². The van der Waals surface area contributed by atoms with Gasteiger partial charge in [0, 0.05) is 19.1 Å². The highest BCUT2D eigenvalue weighted by Crippen LogP contribution is 2.03. The van der Waals surface area contributed by atoms with Gasteiger partial charge in [-0.25, -0.2) is 0 Å². The molecule has 0 amide bonds. The lowest BCUT2D eigenvalue weighted by Gasteiger charge is -2.23. The van der Waals surface area contributed by atoms with Gasteiger partial charge in [0.2, 0.25) is 0 Å². The van der Waals surface area contributed by atoms with Crippen molar-refractivity contribution in [2.45, 2.75) is 45.6 Å². The summed E-state index contributed by atoms with van der Waals surface area (Å²) < 4.78 is 0. The molecule has 1 atom stereocenters. The molecule has 0 saturated heterocycles. The van der Waals surface area contributed by atoms with Crippen LogP contribution in [0, 0.1) is 0 Å². The molecule has 0 aliphatic heterocycles. The summed E-state index contributed by atoms with van der Waals surface area (Å²) in [5.74, 6) is 0. The maximum Gasteiger partial charge on any atom is 0.0109 e. The van der Waals surface area contributed by atoms with Gasteiger partial charge in [-0.3, -0.25) is 0 Å². The fourth-order valence-corrected chi connectivity index (χ4v) is 1.92. The van der Waals surface area contributed by atoms with Crippen molar-refractivity contribution in [1.29, 1.82) is 0 Å². The Morgan fingerprint density at radius 1 is 1.00 bits per heavy atom. The molecule has 17 heavy (non-hydrogen) atoms. The second-order valence-electron chi connectivity index (χ2n) is 5.33. The minimum Gasteiger partial charge on any atom is -0.317 e. The first-order chi connectivity index (χ1) is 8.10. The number of hydrogen-bond acceptors (Lipinski definition) is 3. The van der Waals surface area contributed by atoms with E-state index >= 15 is 0 Å². The third kappa shape index (κ3) is 10.7. The topological polar surface area (TPSA) is 18.5 Å². The standard InChI is InChI=1S/C14H33N3/c1-6-10-17(13-12-16(4)5)11-8-7-9-14(2)15-3/h14-15H,6-13H2,1-5H3. The number of nitrogens with one attached hydrogen (secondary N) is 1. The van der Waals surface area contributed by atoms with Crippen LogP contribution >= 0.6 is 0 Å². The predicted octanol–water partition coefficient (Wildman–Crippen LogP) is 2.04. The van der Waals surface area contributed by atoms with E-state index in [1.807, 2.05) is 7.05 Å². The minimum atomic E-state index is 0.663. The van der Waals surface area contributed by atoms with Crippen molar-refractivity contribution < 1.29 is 0 Å². The largest absolute Gasteiger partial charge is 0.317 e. The lowest BCUT2D eigenvalue weighted by atomic mass is 10.1. The Morgan fingerprint density at radius 2 is 1.71 bits per heavy atom. The molecule has 0 aromatic heterocycles. The lowest BCUT2D eigenvalue weighted by molar-refractivity contribution is 0.236. The molecule has 0 radical (unpaired) electrons. The van der Waals surface area contributed by atoms with E-state index < -0.39 is 0 Å². The molecule has 0 heterocycles. The zero-order chi connectivity index (χ0) is 13.1. The van der Waals surface area contributed by atoms with Crippen LogP contribution in [0.3, 0.4) is 0 Å². The van der Waals surface area contributed by atoms with Gasteiger partial charge in [0.05, 0.1) is 0 Å². The van der Waals surface area contributed by atoms with Crippen LogP contribution in [0.1, 0.15) is 39.5 Å². The first-order valence-electron chi connectivity index (χ1n) is 7.14. The molecule has 3 heteroatoms. The summed E-state index contributed by atoms with van der Waals surface area (Å²) in [4.78, 5) is 4.87. The Labute approximate surface area is 109 Å². The Morgan fingerprint density at radius 3 is 2.24 bits per heavy atom. The summed E-state index contributed by atoms with van der Waals surface area (Å²) in [7, 11) is 6.35. The molecule has 0 fully saturated rings. The summed E-state index contributed by atoms with van der Waals surface area (Å²) in [6, 6.07) is 0.663. The third-order valence-electron chi connectivity index (χ3n) is 3.26. The summed E-state index contributed by atoms with van der Waals surface area (Å²) in [6.07, 6.45) is 5.23. The molecule has 104 valence electrons. The Hall–Kier alpha value is -0.120. The normalized spacial score (nSPS) is 13.6. The van der Waals surface area contributed by atoms with Crippen LogP contribution in [-0.4, -0.2) is 63.2 Å². The molecule has 0 aromatic rings. The third-order valence-corrected chi connectivity index (χ3v) is 3.26. The van der Waals surface area contributed by atoms with Crippen LogP contribution in [0.25, 0.3) is 0 Å². The number of hydrogen-bond donors (Lipinski definition) is 1. The predicted molar refractivity (Wildman–Crippen MR) is 77.7 cm³/mol. The van der Waals surface area contributed by atoms with Gasteiger partial charge in [0.15, 0.2) is 0 Å². The Balaban J connectivity index is 3.61. The molecule has 0 aliphatic carbocycles. The minimum absolute atomic E-state index is 0.663. The highest BCUT2D eigenvalue weighted by atomic mass is 15.2. The quantitative estimate of drug-likeness (QED) is 0.560. The zero-order valence-electron chi connectivity index (χ0n) is 12.6. The average Bonchev–Trinajstić information content (AvgIpc) is 2.30. The van der Waals surface area contributed by atoms with Gasteiger partial charge in [-0.05, 0) is 60.4 Å². The molecule has 1 N–H and O–H groups in total. The number of likely N-dealkylation sites (N-methyl/N-ethyl adjacent to an activating group) is 1. The molecular weight excluding hydrogens is 210 g/mol. The lowest BCUT2D eigenvalue weighted by Crippen LogP contribution is -2.33. The maximum atomic E-state index is 3.30. The monoisotopic (exact) mass is 243 g/mol.